The van der Waals surface area contributed by atoms with Crippen molar-refractivity contribution in [2.75, 3.05) is 13.7 Å². The minimum Gasteiger partial charge on any atom is -0.494 e. The average molecular weight is 292 g/mol. The van der Waals surface area contributed by atoms with E-state index < -0.39 is 11.0 Å². The van der Waals surface area contributed by atoms with Gasteiger partial charge < -0.3 is 15.4 Å². The Balaban J connectivity index is 2.76. The molecule has 0 heterocycles. The zero-order valence-electron chi connectivity index (χ0n) is 14.1. The molecule has 0 aliphatic carbocycles. The molecule has 1 aromatic carbocycles. The third-order valence-corrected chi connectivity index (χ3v) is 4.15. The summed E-state index contributed by atoms with van der Waals surface area (Å²) in [4.78, 5) is 14.3. The maximum atomic E-state index is 12.6. The van der Waals surface area contributed by atoms with Crippen LogP contribution in [0.4, 0.5) is 0 Å². The molecule has 0 fully saturated rings. The Hall–Kier alpha value is -1.55. The van der Waals surface area contributed by atoms with Crippen LogP contribution in [0.5, 0.6) is 5.75 Å². The van der Waals surface area contributed by atoms with Crippen molar-refractivity contribution in [3.05, 3.63) is 29.8 Å². The van der Waals surface area contributed by atoms with Crippen LogP contribution in [0.3, 0.4) is 0 Å². The number of ether oxygens (including phenoxy) is 1. The highest BCUT2D eigenvalue weighted by atomic mass is 16.5. The molecule has 0 spiro atoms. The van der Waals surface area contributed by atoms with Crippen molar-refractivity contribution < 1.29 is 9.53 Å². The van der Waals surface area contributed by atoms with Crippen molar-refractivity contribution in [2.24, 2.45) is 11.1 Å². The third kappa shape index (κ3) is 4.21. The molecule has 0 radical (unpaired) electrons. The van der Waals surface area contributed by atoms with Crippen molar-refractivity contribution >= 4 is 5.91 Å². The van der Waals surface area contributed by atoms with Gasteiger partial charge in [-0.15, -0.1) is 0 Å². The third-order valence-electron chi connectivity index (χ3n) is 4.15. The molecule has 21 heavy (non-hydrogen) atoms. The summed E-state index contributed by atoms with van der Waals surface area (Å²) >= 11 is 0. The molecule has 0 saturated carbocycles. The summed E-state index contributed by atoms with van der Waals surface area (Å²) in [5.41, 5.74) is 6.01. The van der Waals surface area contributed by atoms with Crippen molar-refractivity contribution in [1.82, 2.24) is 4.90 Å². The van der Waals surface area contributed by atoms with E-state index in [0.717, 1.165) is 11.3 Å². The first-order valence-electron chi connectivity index (χ1n) is 7.35. The Labute approximate surface area is 128 Å². The number of nitrogens with two attached hydrogens (primary N) is 1. The summed E-state index contributed by atoms with van der Waals surface area (Å²) in [5, 5.41) is 0. The van der Waals surface area contributed by atoms with Crippen molar-refractivity contribution in [3.63, 3.8) is 0 Å². The molecule has 2 N–H and O–H groups in total. The molecule has 0 aliphatic heterocycles. The van der Waals surface area contributed by atoms with Gasteiger partial charge in [-0.05, 0) is 52.3 Å². The highest BCUT2D eigenvalue weighted by molar-refractivity contribution is 5.83. The van der Waals surface area contributed by atoms with E-state index in [0.29, 0.717) is 13.2 Å². The van der Waals surface area contributed by atoms with Crippen LogP contribution in [0.1, 0.15) is 40.2 Å². The standard InChI is InChI=1S/C17H28N2O2/c1-7-21-14-10-8-13(9-11-14)12-19(6)15(20)16(2,3)17(4,5)18/h8-11H,7,12,18H2,1-6H3. The Morgan fingerprint density at radius 2 is 1.71 bits per heavy atom. The summed E-state index contributed by atoms with van der Waals surface area (Å²) in [6.45, 7) is 10.7. The van der Waals surface area contributed by atoms with E-state index in [4.69, 9.17) is 10.5 Å². The van der Waals surface area contributed by atoms with Crippen LogP contribution >= 0.6 is 0 Å². The number of carbonyl (C=O) groups is 1. The lowest BCUT2D eigenvalue weighted by Gasteiger charge is -2.39. The zero-order chi connectivity index (χ0) is 16.3. The summed E-state index contributed by atoms with van der Waals surface area (Å²) in [5.74, 6) is 0.891. The van der Waals surface area contributed by atoms with Crippen LogP contribution in [0.2, 0.25) is 0 Å². The normalized spacial score (nSPS) is 12.1. The average Bonchev–Trinajstić information content (AvgIpc) is 2.39. The van der Waals surface area contributed by atoms with E-state index in [1.807, 2.05) is 65.9 Å². The van der Waals surface area contributed by atoms with E-state index in [-0.39, 0.29) is 5.91 Å². The Morgan fingerprint density at radius 3 is 2.14 bits per heavy atom. The van der Waals surface area contributed by atoms with Gasteiger partial charge in [0.2, 0.25) is 5.91 Å². The number of amides is 1. The lowest BCUT2D eigenvalue weighted by molar-refractivity contribution is -0.142. The first-order chi connectivity index (χ1) is 9.59. The van der Waals surface area contributed by atoms with E-state index in [9.17, 15) is 4.79 Å². The van der Waals surface area contributed by atoms with Gasteiger partial charge in [0.25, 0.3) is 0 Å². The second-order valence-corrected chi connectivity index (χ2v) is 6.58. The maximum absolute atomic E-state index is 12.6. The number of benzene rings is 1. The molecular formula is C17H28N2O2. The van der Waals surface area contributed by atoms with Gasteiger partial charge in [0.1, 0.15) is 5.75 Å². The number of hydrogen-bond acceptors (Lipinski definition) is 3. The van der Waals surface area contributed by atoms with E-state index in [2.05, 4.69) is 0 Å². The molecule has 118 valence electrons. The Morgan fingerprint density at radius 1 is 1.19 bits per heavy atom. The second-order valence-electron chi connectivity index (χ2n) is 6.58. The van der Waals surface area contributed by atoms with Crippen LogP contribution in [-0.2, 0) is 11.3 Å². The number of nitrogens with zero attached hydrogens (tertiary/aromatic N) is 1. The van der Waals surface area contributed by atoms with Crippen LogP contribution < -0.4 is 10.5 Å². The van der Waals surface area contributed by atoms with E-state index in [1.54, 1.807) is 4.90 Å². The molecular weight excluding hydrogens is 264 g/mol. The smallest absolute Gasteiger partial charge is 0.230 e. The minimum atomic E-state index is -0.618. The van der Waals surface area contributed by atoms with Gasteiger partial charge in [0, 0.05) is 19.1 Å². The molecule has 0 atom stereocenters. The molecule has 0 aliphatic rings. The molecule has 1 rings (SSSR count). The summed E-state index contributed by atoms with van der Waals surface area (Å²) in [7, 11) is 1.81. The van der Waals surface area contributed by atoms with E-state index >= 15 is 0 Å². The van der Waals surface area contributed by atoms with Crippen LogP contribution in [-0.4, -0.2) is 30.0 Å². The molecule has 1 aromatic rings. The molecule has 1 amide bonds. The van der Waals surface area contributed by atoms with Gasteiger partial charge in [-0.2, -0.15) is 0 Å². The first kappa shape index (κ1) is 17.5. The topological polar surface area (TPSA) is 55.6 Å². The predicted octanol–water partition coefficient (Wildman–Crippen LogP) is 2.81. The summed E-state index contributed by atoms with van der Waals surface area (Å²) in [6, 6.07) is 7.81. The van der Waals surface area contributed by atoms with Crippen molar-refractivity contribution in [2.45, 2.75) is 46.7 Å². The maximum Gasteiger partial charge on any atom is 0.230 e. The number of hydrogen-bond donors (Lipinski definition) is 1. The fourth-order valence-electron chi connectivity index (χ4n) is 1.96. The first-order valence-corrected chi connectivity index (χ1v) is 7.35. The highest BCUT2D eigenvalue weighted by Crippen LogP contribution is 2.30. The molecule has 4 nitrogen and oxygen atoms in total. The van der Waals surface area contributed by atoms with Gasteiger partial charge in [0.05, 0.1) is 12.0 Å². The minimum absolute atomic E-state index is 0.0453. The van der Waals surface area contributed by atoms with Crippen molar-refractivity contribution in [3.8, 4) is 5.75 Å². The van der Waals surface area contributed by atoms with Gasteiger partial charge >= 0.3 is 0 Å². The lowest BCUT2D eigenvalue weighted by atomic mass is 9.74. The quantitative estimate of drug-likeness (QED) is 0.877. The van der Waals surface area contributed by atoms with Crippen LogP contribution in [0, 0.1) is 5.41 Å². The number of rotatable bonds is 6. The molecule has 0 unspecified atom stereocenters. The van der Waals surface area contributed by atoms with Crippen LogP contribution in [0.15, 0.2) is 24.3 Å². The fourth-order valence-corrected chi connectivity index (χ4v) is 1.96. The van der Waals surface area contributed by atoms with Crippen LogP contribution in [0.25, 0.3) is 0 Å². The number of carbonyl (C=O) groups excluding carboxylic acids is 1. The largest absolute Gasteiger partial charge is 0.494 e. The fraction of sp³-hybridized carbons (Fsp3) is 0.588. The van der Waals surface area contributed by atoms with Gasteiger partial charge in [-0.3, -0.25) is 4.79 Å². The zero-order valence-corrected chi connectivity index (χ0v) is 14.1. The SMILES string of the molecule is CCOc1ccc(CN(C)C(=O)C(C)(C)C(C)(C)N)cc1. The van der Waals surface area contributed by atoms with Gasteiger partial charge in [-0.25, -0.2) is 0 Å². The molecule has 0 aromatic heterocycles. The highest BCUT2D eigenvalue weighted by Gasteiger charge is 2.41. The second kappa shape index (κ2) is 6.48. The molecule has 0 bridgehead atoms. The monoisotopic (exact) mass is 292 g/mol. The summed E-state index contributed by atoms with van der Waals surface area (Å²) in [6.07, 6.45) is 0. The molecule has 4 heteroatoms. The van der Waals surface area contributed by atoms with E-state index in [1.165, 1.54) is 0 Å². The van der Waals surface area contributed by atoms with Gasteiger partial charge in [-0.1, -0.05) is 12.1 Å². The molecule has 0 saturated heterocycles. The van der Waals surface area contributed by atoms with Gasteiger partial charge in [0.15, 0.2) is 0 Å². The van der Waals surface area contributed by atoms with Crippen molar-refractivity contribution in [1.29, 1.82) is 0 Å². The Kier molecular flexibility index (Phi) is 5.40. The Bertz CT molecular complexity index is 473. The lowest BCUT2D eigenvalue weighted by Crippen LogP contribution is -2.55. The summed E-state index contributed by atoms with van der Waals surface area (Å²) < 4.78 is 5.42. The predicted molar refractivity (Wildman–Crippen MR) is 86.1 cm³/mol.